The van der Waals surface area contributed by atoms with Gasteiger partial charge in [0.1, 0.15) is 17.2 Å². The largest absolute Gasteiger partial charge is 0.493 e. The Morgan fingerprint density at radius 3 is 2.29 bits per heavy atom. The van der Waals surface area contributed by atoms with Crippen molar-refractivity contribution in [3.05, 3.63) is 84.4 Å². The summed E-state index contributed by atoms with van der Waals surface area (Å²) < 4.78 is 11.4. The molecule has 0 unspecified atom stereocenters. The molecule has 0 saturated carbocycles. The molecule has 3 rings (SSSR count). The Morgan fingerprint density at radius 1 is 0.857 bits per heavy atom. The van der Waals surface area contributed by atoms with Crippen molar-refractivity contribution in [2.75, 3.05) is 18.5 Å². The van der Waals surface area contributed by atoms with Crippen molar-refractivity contribution in [3.63, 3.8) is 0 Å². The van der Waals surface area contributed by atoms with Crippen LogP contribution in [0.4, 0.5) is 10.5 Å². The van der Waals surface area contributed by atoms with Crippen molar-refractivity contribution in [1.82, 2.24) is 5.32 Å². The maximum absolute atomic E-state index is 12.0. The highest BCUT2D eigenvalue weighted by Gasteiger charge is 2.03. The van der Waals surface area contributed by atoms with Gasteiger partial charge in [-0.05, 0) is 61.4 Å². The van der Waals surface area contributed by atoms with Gasteiger partial charge in [0.15, 0.2) is 0 Å². The molecular weight excluding hydrogens is 352 g/mol. The molecule has 0 aliphatic carbocycles. The molecule has 0 fully saturated rings. The first-order chi connectivity index (χ1) is 13.7. The highest BCUT2D eigenvalue weighted by atomic mass is 16.5. The third-order valence-corrected chi connectivity index (χ3v) is 4.05. The lowest BCUT2D eigenvalue weighted by Crippen LogP contribution is -2.30. The predicted octanol–water partition coefficient (Wildman–Crippen LogP) is 5.38. The number of para-hydroxylation sites is 2. The Labute approximate surface area is 165 Å². The molecule has 0 aliphatic heterocycles. The highest BCUT2D eigenvalue weighted by molar-refractivity contribution is 5.89. The summed E-state index contributed by atoms with van der Waals surface area (Å²) in [6.07, 6.45) is 0.728. The molecule has 0 atom stereocenters. The summed E-state index contributed by atoms with van der Waals surface area (Å²) in [4.78, 5) is 12.0. The van der Waals surface area contributed by atoms with Crippen molar-refractivity contribution in [2.24, 2.45) is 0 Å². The van der Waals surface area contributed by atoms with Gasteiger partial charge in [-0.15, -0.1) is 0 Å². The molecule has 0 heterocycles. The molecule has 0 aliphatic rings. The smallest absolute Gasteiger partial charge is 0.319 e. The fourth-order valence-corrected chi connectivity index (χ4v) is 2.58. The monoisotopic (exact) mass is 376 g/mol. The summed E-state index contributed by atoms with van der Waals surface area (Å²) in [5.41, 5.74) is 1.81. The Hall–Kier alpha value is -3.47. The van der Waals surface area contributed by atoms with Gasteiger partial charge < -0.3 is 20.1 Å². The van der Waals surface area contributed by atoms with E-state index in [0.717, 1.165) is 23.5 Å². The number of ether oxygens (including phenoxy) is 2. The van der Waals surface area contributed by atoms with Gasteiger partial charge in [-0.25, -0.2) is 4.79 Å². The molecule has 3 aromatic carbocycles. The van der Waals surface area contributed by atoms with Crippen LogP contribution in [0.5, 0.6) is 17.2 Å². The fourth-order valence-electron chi connectivity index (χ4n) is 2.58. The van der Waals surface area contributed by atoms with Crippen molar-refractivity contribution in [2.45, 2.75) is 13.3 Å². The van der Waals surface area contributed by atoms with Crippen LogP contribution in [0, 0.1) is 6.92 Å². The number of anilines is 1. The zero-order valence-corrected chi connectivity index (χ0v) is 15.9. The maximum Gasteiger partial charge on any atom is 0.319 e. The van der Waals surface area contributed by atoms with Crippen molar-refractivity contribution < 1.29 is 14.3 Å². The normalized spacial score (nSPS) is 10.2. The van der Waals surface area contributed by atoms with E-state index < -0.39 is 0 Å². The first-order valence-corrected chi connectivity index (χ1v) is 9.27. The highest BCUT2D eigenvalue weighted by Crippen LogP contribution is 2.22. The molecule has 2 amide bonds. The standard InChI is InChI=1S/C23H24N2O3/c1-18-8-5-6-11-22(18)27-17-7-16-24-23(26)25-19-12-14-21(15-13-19)28-20-9-3-2-4-10-20/h2-6,8-15H,7,16-17H2,1H3,(H2,24,25,26). The van der Waals surface area contributed by atoms with Gasteiger partial charge in [0.25, 0.3) is 0 Å². The van der Waals surface area contributed by atoms with Gasteiger partial charge in [0, 0.05) is 12.2 Å². The molecular formula is C23H24N2O3. The van der Waals surface area contributed by atoms with Crippen LogP contribution in [0.15, 0.2) is 78.9 Å². The molecule has 144 valence electrons. The maximum atomic E-state index is 12.0. The Kier molecular flexibility index (Phi) is 6.90. The second-order valence-electron chi connectivity index (χ2n) is 6.29. The van der Waals surface area contributed by atoms with E-state index in [0.29, 0.717) is 24.6 Å². The minimum atomic E-state index is -0.243. The number of amides is 2. The van der Waals surface area contributed by atoms with Crippen LogP contribution < -0.4 is 20.1 Å². The molecule has 5 heteroatoms. The Balaban J connectivity index is 1.36. The number of hydrogen-bond acceptors (Lipinski definition) is 3. The van der Waals surface area contributed by atoms with Crippen molar-refractivity contribution in [1.29, 1.82) is 0 Å². The fraction of sp³-hybridized carbons (Fsp3) is 0.174. The summed E-state index contributed by atoms with van der Waals surface area (Å²) in [7, 11) is 0. The van der Waals surface area contributed by atoms with E-state index in [1.807, 2.05) is 73.7 Å². The van der Waals surface area contributed by atoms with Crippen LogP contribution in [0.1, 0.15) is 12.0 Å². The lowest BCUT2D eigenvalue weighted by atomic mass is 10.2. The summed E-state index contributed by atoms with van der Waals surface area (Å²) in [6.45, 7) is 3.10. The van der Waals surface area contributed by atoms with E-state index >= 15 is 0 Å². The number of carbonyl (C=O) groups is 1. The minimum Gasteiger partial charge on any atom is -0.493 e. The minimum absolute atomic E-state index is 0.243. The van der Waals surface area contributed by atoms with Crippen LogP contribution in [0.25, 0.3) is 0 Å². The average Bonchev–Trinajstić information content (AvgIpc) is 2.71. The number of urea groups is 1. The molecule has 0 spiro atoms. The lowest BCUT2D eigenvalue weighted by molar-refractivity contribution is 0.250. The number of benzene rings is 3. The summed E-state index contributed by atoms with van der Waals surface area (Å²) in [5, 5.41) is 5.63. The van der Waals surface area contributed by atoms with E-state index in [1.165, 1.54) is 0 Å². The zero-order valence-electron chi connectivity index (χ0n) is 15.9. The van der Waals surface area contributed by atoms with Gasteiger partial charge in [-0.2, -0.15) is 0 Å². The van der Waals surface area contributed by atoms with Crippen LogP contribution in [0.3, 0.4) is 0 Å². The van der Waals surface area contributed by atoms with Crippen LogP contribution in [-0.2, 0) is 0 Å². The summed E-state index contributed by atoms with van der Waals surface area (Å²) in [6, 6.07) is 24.4. The van der Waals surface area contributed by atoms with E-state index in [4.69, 9.17) is 9.47 Å². The molecule has 0 radical (unpaired) electrons. The number of hydrogen-bond donors (Lipinski definition) is 2. The first kappa shape index (κ1) is 19.3. The molecule has 0 saturated heterocycles. The van der Waals surface area contributed by atoms with Crippen LogP contribution in [0.2, 0.25) is 0 Å². The quantitative estimate of drug-likeness (QED) is 0.519. The lowest BCUT2D eigenvalue weighted by Gasteiger charge is -2.10. The van der Waals surface area contributed by atoms with Crippen LogP contribution >= 0.6 is 0 Å². The first-order valence-electron chi connectivity index (χ1n) is 9.27. The topological polar surface area (TPSA) is 59.6 Å². The van der Waals surface area contributed by atoms with Crippen LogP contribution in [-0.4, -0.2) is 19.2 Å². The van der Waals surface area contributed by atoms with Gasteiger partial charge in [0.05, 0.1) is 6.61 Å². The summed E-state index contributed by atoms with van der Waals surface area (Å²) in [5.74, 6) is 2.36. The number of aryl methyl sites for hydroxylation is 1. The van der Waals surface area contributed by atoms with Crippen molar-refractivity contribution >= 4 is 11.7 Å². The van der Waals surface area contributed by atoms with Gasteiger partial charge >= 0.3 is 6.03 Å². The third-order valence-electron chi connectivity index (χ3n) is 4.05. The molecule has 5 nitrogen and oxygen atoms in total. The number of carbonyl (C=O) groups excluding carboxylic acids is 1. The van der Waals surface area contributed by atoms with E-state index in [2.05, 4.69) is 10.6 Å². The molecule has 0 aromatic heterocycles. The van der Waals surface area contributed by atoms with E-state index in [9.17, 15) is 4.79 Å². The molecule has 2 N–H and O–H groups in total. The van der Waals surface area contributed by atoms with Gasteiger partial charge in [0.2, 0.25) is 0 Å². The second kappa shape index (κ2) is 10.0. The van der Waals surface area contributed by atoms with E-state index in [1.54, 1.807) is 12.1 Å². The molecule has 28 heavy (non-hydrogen) atoms. The van der Waals surface area contributed by atoms with Gasteiger partial charge in [-0.1, -0.05) is 36.4 Å². The SMILES string of the molecule is Cc1ccccc1OCCCNC(=O)Nc1ccc(Oc2ccccc2)cc1. The Morgan fingerprint density at radius 2 is 1.54 bits per heavy atom. The average molecular weight is 376 g/mol. The van der Waals surface area contributed by atoms with Crippen molar-refractivity contribution in [3.8, 4) is 17.2 Å². The van der Waals surface area contributed by atoms with E-state index in [-0.39, 0.29) is 6.03 Å². The molecule has 3 aromatic rings. The predicted molar refractivity (Wildman–Crippen MR) is 111 cm³/mol. The second-order valence-corrected chi connectivity index (χ2v) is 6.29. The zero-order chi connectivity index (χ0) is 19.6. The Bertz CT molecular complexity index is 880. The van der Waals surface area contributed by atoms with Gasteiger partial charge in [-0.3, -0.25) is 0 Å². The summed E-state index contributed by atoms with van der Waals surface area (Å²) >= 11 is 0. The number of rotatable bonds is 8. The molecule has 0 bridgehead atoms. The number of nitrogens with one attached hydrogen (secondary N) is 2. The third kappa shape index (κ3) is 6.06.